The fourth-order valence-corrected chi connectivity index (χ4v) is 4.78. The summed E-state index contributed by atoms with van der Waals surface area (Å²) >= 11 is 0. The number of piperazine rings is 1. The molecule has 0 aliphatic carbocycles. The smallest absolute Gasteiger partial charge is 0.417 e. The molecule has 37 heavy (non-hydrogen) atoms. The number of hydrogen-bond acceptors (Lipinski definition) is 6. The Labute approximate surface area is 217 Å². The van der Waals surface area contributed by atoms with Crippen LogP contribution < -0.4 is 19.9 Å². The summed E-state index contributed by atoms with van der Waals surface area (Å²) in [7, 11) is 1.67. The van der Waals surface area contributed by atoms with Crippen LogP contribution >= 0.6 is 0 Å². The zero-order chi connectivity index (χ0) is 25.5. The van der Waals surface area contributed by atoms with Gasteiger partial charge >= 0.3 is 6.18 Å². The summed E-state index contributed by atoms with van der Waals surface area (Å²) in [6.45, 7) is 6.09. The molecule has 2 saturated heterocycles. The van der Waals surface area contributed by atoms with Crippen LogP contribution in [0.3, 0.4) is 0 Å². The molecule has 0 unspecified atom stereocenters. The van der Waals surface area contributed by atoms with Gasteiger partial charge in [0.1, 0.15) is 11.6 Å². The van der Waals surface area contributed by atoms with Crippen molar-refractivity contribution in [1.29, 1.82) is 0 Å². The monoisotopic (exact) mass is 521 g/mol. The number of halogens is 3. The maximum Gasteiger partial charge on any atom is 0.417 e. The number of amides is 1. The van der Waals surface area contributed by atoms with E-state index in [4.69, 9.17) is 4.74 Å². The molecule has 204 valence electrons. The van der Waals surface area contributed by atoms with Gasteiger partial charge in [-0.15, -0.1) is 0 Å². The second-order valence-electron chi connectivity index (χ2n) is 9.36. The number of hydrogen-bond donors (Lipinski definition) is 1. The minimum atomic E-state index is -4.38. The summed E-state index contributed by atoms with van der Waals surface area (Å²) < 4.78 is 43.4. The maximum atomic E-state index is 12.7. The fraction of sp³-hybridized carbons (Fsp3) is 0.556. The van der Waals surface area contributed by atoms with Crippen LogP contribution in [0.5, 0.6) is 5.75 Å². The van der Waals surface area contributed by atoms with E-state index in [1.807, 2.05) is 17.0 Å². The molecule has 10 heteroatoms. The lowest BCUT2D eigenvalue weighted by Gasteiger charge is -2.36. The number of alkyl halides is 3. The molecule has 7 nitrogen and oxygen atoms in total. The molecule has 0 saturated carbocycles. The second kappa shape index (κ2) is 13.0. The van der Waals surface area contributed by atoms with Gasteiger partial charge in [0, 0.05) is 63.6 Å². The normalized spacial score (nSPS) is 17.3. The van der Waals surface area contributed by atoms with Gasteiger partial charge in [-0.2, -0.15) is 13.2 Å². The number of carbonyl (C=O) groups is 1. The predicted octanol–water partition coefficient (Wildman–Crippen LogP) is 4.43. The lowest BCUT2D eigenvalue weighted by atomic mass is 10.0. The molecule has 0 bridgehead atoms. The third-order valence-electron chi connectivity index (χ3n) is 6.95. The summed E-state index contributed by atoms with van der Waals surface area (Å²) in [5.41, 5.74) is 0.461. The first kappa shape index (κ1) is 28.6. The first-order chi connectivity index (χ1) is 17.3. The van der Waals surface area contributed by atoms with Gasteiger partial charge in [0.2, 0.25) is 5.91 Å². The highest BCUT2D eigenvalue weighted by molar-refractivity contribution is 5.76. The molecular weight excluding hydrogens is 483 g/mol. The molecule has 2 aromatic rings. The van der Waals surface area contributed by atoms with Gasteiger partial charge < -0.3 is 19.9 Å². The average Bonchev–Trinajstić information content (AvgIpc) is 2.89. The number of rotatable bonds is 8. The number of anilines is 2. The van der Waals surface area contributed by atoms with Crippen molar-refractivity contribution in [2.75, 3.05) is 62.7 Å². The van der Waals surface area contributed by atoms with Crippen molar-refractivity contribution in [3.63, 3.8) is 0 Å². The van der Waals surface area contributed by atoms with Crippen LogP contribution in [0, 0.1) is 0 Å². The van der Waals surface area contributed by atoms with Crippen molar-refractivity contribution in [3.05, 3.63) is 48.2 Å². The molecule has 1 amide bonds. The Morgan fingerprint density at radius 3 is 2.24 bits per heavy atom. The zero-order valence-corrected chi connectivity index (χ0v) is 20.6. The molecule has 2 fully saturated rings. The van der Waals surface area contributed by atoms with E-state index in [0.717, 1.165) is 70.0 Å². The van der Waals surface area contributed by atoms with Crippen molar-refractivity contribution in [3.8, 4) is 5.75 Å². The quantitative estimate of drug-likeness (QED) is 0.555. The van der Waals surface area contributed by atoms with Gasteiger partial charge in [-0.25, -0.2) is 4.98 Å². The van der Waals surface area contributed by atoms with E-state index in [2.05, 4.69) is 32.2 Å². The number of nitrogens with one attached hydrogen (secondary N) is 1. The van der Waals surface area contributed by atoms with Crippen molar-refractivity contribution in [1.82, 2.24) is 15.2 Å². The van der Waals surface area contributed by atoms with E-state index in [0.29, 0.717) is 25.3 Å². The molecule has 0 atom stereocenters. The molecule has 0 radical (unpaired) electrons. The summed E-state index contributed by atoms with van der Waals surface area (Å²) in [6, 6.07) is 10.7. The van der Waals surface area contributed by atoms with E-state index < -0.39 is 11.7 Å². The van der Waals surface area contributed by atoms with Gasteiger partial charge in [0.15, 0.2) is 0 Å². The number of piperidine rings is 1. The van der Waals surface area contributed by atoms with E-state index in [1.165, 1.54) is 11.8 Å². The Morgan fingerprint density at radius 2 is 1.68 bits per heavy atom. The van der Waals surface area contributed by atoms with Gasteiger partial charge in [-0.1, -0.05) is 7.43 Å². The topological polar surface area (TPSA) is 60.9 Å². The van der Waals surface area contributed by atoms with Crippen molar-refractivity contribution < 1.29 is 22.7 Å². The van der Waals surface area contributed by atoms with Crippen LogP contribution in [0.1, 0.15) is 38.7 Å². The van der Waals surface area contributed by atoms with Crippen LogP contribution in [-0.4, -0.2) is 74.8 Å². The SMILES string of the molecule is C.COc1ccc(N2CCN(CCCC(=O)NC3CCN(c4ccc(C(F)(F)F)cn4)CC3)CC2)cc1. The number of carbonyl (C=O) groups excluding carboxylic acids is 1. The van der Waals surface area contributed by atoms with Gasteiger partial charge in [0.25, 0.3) is 0 Å². The predicted molar refractivity (Wildman–Crippen MR) is 140 cm³/mol. The molecule has 1 N–H and O–H groups in total. The third-order valence-corrected chi connectivity index (χ3v) is 6.95. The highest BCUT2D eigenvalue weighted by atomic mass is 19.4. The van der Waals surface area contributed by atoms with Crippen LogP contribution in [0.4, 0.5) is 24.7 Å². The molecule has 0 spiro atoms. The molecular formula is C27H38F3N5O2. The highest BCUT2D eigenvalue weighted by Gasteiger charge is 2.31. The summed E-state index contributed by atoms with van der Waals surface area (Å²) in [4.78, 5) is 23.2. The van der Waals surface area contributed by atoms with Gasteiger partial charge in [-0.3, -0.25) is 9.69 Å². The molecule has 2 aliphatic heterocycles. The van der Waals surface area contributed by atoms with Crippen LogP contribution in [0.25, 0.3) is 0 Å². The Hall–Kier alpha value is -3.01. The first-order valence-electron chi connectivity index (χ1n) is 12.5. The minimum Gasteiger partial charge on any atom is -0.497 e. The largest absolute Gasteiger partial charge is 0.497 e. The molecule has 3 heterocycles. The molecule has 1 aromatic heterocycles. The molecule has 1 aromatic carbocycles. The summed E-state index contributed by atoms with van der Waals surface area (Å²) in [5.74, 6) is 1.47. The fourth-order valence-electron chi connectivity index (χ4n) is 4.78. The Bertz CT molecular complexity index is 969. The number of methoxy groups -OCH3 is 1. The van der Waals surface area contributed by atoms with E-state index in [-0.39, 0.29) is 19.4 Å². The Balaban J connectivity index is 0.00000380. The Kier molecular flexibility index (Phi) is 10.0. The number of benzene rings is 1. The number of ether oxygens (including phenoxy) is 1. The number of aromatic nitrogens is 1. The van der Waals surface area contributed by atoms with E-state index in [9.17, 15) is 18.0 Å². The second-order valence-corrected chi connectivity index (χ2v) is 9.36. The van der Waals surface area contributed by atoms with Crippen LogP contribution in [-0.2, 0) is 11.0 Å². The van der Waals surface area contributed by atoms with Crippen molar-refractivity contribution in [2.24, 2.45) is 0 Å². The minimum absolute atomic E-state index is 0. The Morgan fingerprint density at radius 1 is 1.00 bits per heavy atom. The van der Waals surface area contributed by atoms with Crippen LogP contribution in [0.2, 0.25) is 0 Å². The number of pyridine rings is 1. The summed E-state index contributed by atoms with van der Waals surface area (Å²) in [5, 5.41) is 3.12. The number of nitrogens with zero attached hydrogens (tertiary/aromatic N) is 4. The lowest BCUT2D eigenvalue weighted by molar-refractivity contribution is -0.137. The maximum absolute atomic E-state index is 12.7. The van der Waals surface area contributed by atoms with E-state index >= 15 is 0 Å². The average molecular weight is 522 g/mol. The lowest BCUT2D eigenvalue weighted by Crippen LogP contribution is -2.47. The van der Waals surface area contributed by atoms with Gasteiger partial charge in [-0.05, 0) is 62.2 Å². The van der Waals surface area contributed by atoms with Crippen LogP contribution in [0.15, 0.2) is 42.6 Å². The highest BCUT2D eigenvalue weighted by Crippen LogP contribution is 2.30. The third kappa shape index (κ3) is 7.99. The first-order valence-corrected chi connectivity index (χ1v) is 12.5. The standard InChI is InChI=1S/C26H34F3N5O2.CH4/c1-36-23-7-5-22(6-8-23)33-17-15-32(16-18-33)12-2-3-25(35)31-21-10-13-34(14-11-21)24-9-4-20(19-30-24)26(27,28)29;/h4-9,19,21H,2-3,10-18H2,1H3,(H,31,35);1H4. The zero-order valence-electron chi connectivity index (χ0n) is 20.6. The molecule has 4 rings (SSSR count). The molecule has 2 aliphatic rings. The van der Waals surface area contributed by atoms with Crippen molar-refractivity contribution >= 4 is 17.4 Å². The van der Waals surface area contributed by atoms with E-state index in [1.54, 1.807) is 7.11 Å². The van der Waals surface area contributed by atoms with Gasteiger partial charge in [0.05, 0.1) is 12.7 Å². The summed E-state index contributed by atoms with van der Waals surface area (Å²) in [6.07, 6.45) is -0.678. The van der Waals surface area contributed by atoms with Crippen molar-refractivity contribution in [2.45, 2.75) is 45.3 Å².